The number of amides is 1. The number of anilines is 1. The van der Waals surface area contributed by atoms with E-state index in [9.17, 15) is 14.7 Å². The van der Waals surface area contributed by atoms with Crippen molar-refractivity contribution >= 4 is 55.0 Å². The molecule has 1 aliphatic heterocycles. The Morgan fingerprint density at radius 3 is 2.36 bits per heavy atom. The van der Waals surface area contributed by atoms with Crippen LogP contribution in [0.3, 0.4) is 0 Å². The van der Waals surface area contributed by atoms with Gasteiger partial charge in [-0.3, -0.25) is 14.5 Å². The third-order valence-corrected chi connectivity index (χ3v) is 7.77. The van der Waals surface area contributed by atoms with Crippen molar-refractivity contribution in [2.75, 3.05) is 4.90 Å². The summed E-state index contributed by atoms with van der Waals surface area (Å²) in [5.74, 6) is -1.66. The average Bonchev–Trinajstić information content (AvgIpc) is 3.46. The summed E-state index contributed by atoms with van der Waals surface area (Å²) in [6.45, 7) is 6.39. The van der Waals surface area contributed by atoms with Crippen molar-refractivity contribution in [3.63, 3.8) is 0 Å². The number of benzene rings is 4. The fraction of sp³-hybridized carbons (Fsp3) is 0.152. The number of furan rings is 1. The van der Waals surface area contributed by atoms with E-state index in [4.69, 9.17) is 4.42 Å². The molecule has 39 heavy (non-hydrogen) atoms. The molecule has 1 unspecified atom stereocenters. The van der Waals surface area contributed by atoms with Crippen LogP contribution in [0.15, 0.2) is 111 Å². The lowest BCUT2D eigenvalue weighted by Crippen LogP contribution is -2.31. The first-order valence-corrected chi connectivity index (χ1v) is 13.5. The van der Waals surface area contributed by atoms with Crippen LogP contribution in [0, 0.1) is 0 Å². The van der Waals surface area contributed by atoms with E-state index in [2.05, 4.69) is 36.7 Å². The fourth-order valence-electron chi connectivity index (χ4n) is 5.24. The number of halogens is 1. The molecule has 194 valence electrons. The fourth-order valence-corrected chi connectivity index (χ4v) is 5.62. The van der Waals surface area contributed by atoms with Gasteiger partial charge in [-0.15, -0.1) is 0 Å². The van der Waals surface area contributed by atoms with E-state index in [-0.39, 0.29) is 16.7 Å². The summed E-state index contributed by atoms with van der Waals surface area (Å²) in [5, 5.41) is 13.8. The number of carbonyl (C=O) groups excluding carboxylic acids is 2. The summed E-state index contributed by atoms with van der Waals surface area (Å²) in [6.07, 6.45) is 0. The molecule has 0 spiro atoms. The maximum absolute atomic E-state index is 14.0. The highest BCUT2D eigenvalue weighted by Crippen LogP contribution is 2.44. The molecule has 1 amide bonds. The van der Waals surface area contributed by atoms with Crippen molar-refractivity contribution in [3.8, 4) is 0 Å². The molecule has 5 aromatic rings. The number of hydrogen-bond donors (Lipinski definition) is 1. The number of carbonyl (C=O) groups is 2. The monoisotopic (exact) mass is 579 g/mol. The molecule has 0 saturated carbocycles. The van der Waals surface area contributed by atoms with Crippen LogP contribution in [0.25, 0.3) is 21.7 Å². The highest BCUT2D eigenvalue weighted by Gasteiger charge is 2.45. The Balaban J connectivity index is 1.53. The molecule has 0 bridgehead atoms. The van der Waals surface area contributed by atoms with E-state index < -0.39 is 23.5 Å². The summed E-state index contributed by atoms with van der Waals surface area (Å²) in [6, 6.07) is 27.6. The van der Waals surface area contributed by atoms with Gasteiger partial charge in [-0.2, -0.15) is 0 Å². The largest absolute Gasteiger partial charge is 0.503 e. The lowest BCUT2D eigenvalue weighted by atomic mass is 9.85. The van der Waals surface area contributed by atoms with Gasteiger partial charge in [-0.1, -0.05) is 97.4 Å². The molecule has 0 fully saturated rings. The van der Waals surface area contributed by atoms with Crippen molar-refractivity contribution in [3.05, 3.63) is 124 Å². The summed E-state index contributed by atoms with van der Waals surface area (Å²) in [7, 11) is 0. The SMILES string of the molecule is CC(C)(C)c1ccc(C2C(C(=O)c3cc4cc(Br)ccc4o3)=C(O)C(=O)N2c2cccc3ccccc23)cc1. The van der Waals surface area contributed by atoms with Crippen molar-refractivity contribution in [1.29, 1.82) is 0 Å². The van der Waals surface area contributed by atoms with E-state index >= 15 is 0 Å². The number of nitrogens with zero attached hydrogens (tertiary/aromatic N) is 1. The van der Waals surface area contributed by atoms with Crippen molar-refractivity contribution in [1.82, 2.24) is 0 Å². The Morgan fingerprint density at radius 2 is 1.62 bits per heavy atom. The van der Waals surface area contributed by atoms with Crippen LogP contribution < -0.4 is 4.90 Å². The molecule has 0 radical (unpaired) electrons. The van der Waals surface area contributed by atoms with E-state index in [1.165, 1.54) is 4.90 Å². The number of hydrogen-bond acceptors (Lipinski definition) is 4. The summed E-state index contributed by atoms with van der Waals surface area (Å²) < 4.78 is 6.75. The number of fused-ring (bicyclic) bond motifs is 2. The predicted molar refractivity (Wildman–Crippen MR) is 157 cm³/mol. The Kier molecular flexibility index (Phi) is 5.96. The second kappa shape index (κ2) is 9.24. The number of ketones is 1. The third-order valence-electron chi connectivity index (χ3n) is 7.27. The van der Waals surface area contributed by atoms with Gasteiger partial charge in [-0.25, -0.2) is 0 Å². The second-order valence-electron chi connectivity index (χ2n) is 10.8. The quantitative estimate of drug-likeness (QED) is 0.217. The van der Waals surface area contributed by atoms with Gasteiger partial charge in [0.25, 0.3) is 5.91 Å². The summed E-state index contributed by atoms with van der Waals surface area (Å²) >= 11 is 3.45. The number of rotatable bonds is 4. The molecule has 2 heterocycles. The van der Waals surface area contributed by atoms with Crippen LogP contribution in [-0.2, 0) is 10.2 Å². The van der Waals surface area contributed by atoms with Crippen LogP contribution in [0.5, 0.6) is 0 Å². The van der Waals surface area contributed by atoms with Gasteiger partial charge in [0, 0.05) is 15.2 Å². The van der Waals surface area contributed by atoms with Gasteiger partial charge < -0.3 is 9.52 Å². The molecule has 6 rings (SSSR count). The maximum atomic E-state index is 14.0. The number of aliphatic hydroxyl groups excluding tert-OH is 1. The van der Waals surface area contributed by atoms with Crippen molar-refractivity contribution < 1.29 is 19.1 Å². The molecule has 1 atom stereocenters. The maximum Gasteiger partial charge on any atom is 0.294 e. The molecule has 0 saturated heterocycles. The van der Waals surface area contributed by atoms with Gasteiger partial charge in [0.2, 0.25) is 5.78 Å². The molecule has 5 nitrogen and oxygen atoms in total. The minimum absolute atomic E-state index is 0.00503. The molecule has 1 aliphatic rings. The standard InChI is InChI=1S/C33H26BrNO4/c1-33(2,3)22-13-11-20(12-14-22)29-28(30(36)27-18-21-17-23(34)15-16-26(21)39-27)31(37)32(38)35(29)25-10-6-8-19-7-4-5-9-24(19)25/h4-18,29,37H,1-3H3. The lowest BCUT2D eigenvalue weighted by molar-refractivity contribution is -0.117. The van der Waals surface area contributed by atoms with Crippen molar-refractivity contribution in [2.24, 2.45) is 0 Å². The minimum atomic E-state index is -0.843. The Labute approximate surface area is 234 Å². The van der Waals surface area contributed by atoms with Gasteiger partial charge in [0.15, 0.2) is 11.5 Å². The first-order chi connectivity index (χ1) is 18.6. The number of aliphatic hydroxyl groups is 1. The highest BCUT2D eigenvalue weighted by atomic mass is 79.9. The zero-order valence-corrected chi connectivity index (χ0v) is 23.3. The molecule has 1 aromatic heterocycles. The summed E-state index contributed by atoms with van der Waals surface area (Å²) in [5.41, 5.74) is 2.92. The molecule has 1 N–H and O–H groups in total. The number of Topliss-reactive ketones (excluding diaryl/α,β-unsaturated/α-hetero) is 1. The molecular weight excluding hydrogens is 554 g/mol. The van der Waals surface area contributed by atoms with Crippen LogP contribution in [0.2, 0.25) is 0 Å². The van der Waals surface area contributed by atoms with Crippen LogP contribution >= 0.6 is 15.9 Å². The molecular formula is C33H26BrNO4. The normalized spacial score (nSPS) is 16.1. The third kappa shape index (κ3) is 4.25. The predicted octanol–water partition coefficient (Wildman–Crippen LogP) is 8.43. The van der Waals surface area contributed by atoms with Crippen LogP contribution in [0.4, 0.5) is 5.69 Å². The molecule has 0 aliphatic carbocycles. The summed E-state index contributed by atoms with van der Waals surface area (Å²) in [4.78, 5) is 29.3. The van der Waals surface area contributed by atoms with Crippen LogP contribution in [0.1, 0.15) is 48.5 Å². The smallest absolute Gasteiger partial charge is 0.294 e. The Bertz CT molecular complexity index is 1800. The highest BCUT2D eigenvalue weighted by molar-refractivity contribution is 9.10. The zero-order valence-electron chi connectivity index (χ0n) is 21.7. The van der Waals surface area contributed by atoms with Gasteiger partial charge in [-0.05, 0) is 52.3 Å². The van der Waals surface area contributed by atoms with Gasteiger partial charge >= 0.3 is 0 Å². The molecule has 6 heteroatoms. The van der Waals surface area contributed by atoms with Crippen molar-refractivity contribution in [2.45, 2.75) is 32.2 Å². The average molecular weight is 580 g/mol. The first-order valence-electron chi connectivity index (χ1n) is 12.7. The van der Waals surface area contributed by atoms with E-state index in [0.717, 1.165) is 31.8 Å². The Morgan fingerprint density at radius 1 is 0.897 bits per heavy atom. The van der Waals surface area contributed by atoms with E-state index in [1.807, 2.05) is 78.9 Å². The van der Waals surface area contributed by atoms with E-state index in [0.29, 0.717) is 11.3 Å². The second-order valence-corrected chi connectivity index (χ2v) is 11.7. The zero-order chi connectivity index (χ0) is 27.5. The Hall–Kier alpha value is -4.16. The van der Waals surface area contributed by atoms with Crippen LogP contribution in [-0.4, -0.2) is 16.8 Å². The molecule has 4 aromatic carbocycles. The van der Waals surface area contributed by atoms with Gasteiger partial charge in [0.1, 0.15) is 5.58 Å². The van der Waals surface area contributed by atoms with E-state index in [1.54, 1.807) is 12.1 Å². The minimum Gasteiger partial charge on any atom is -0.503 e. The topological polar surface area (TPSA) is 70.7 Å². The first kappa shape index (κ1) is 25.1. The van der Waals surface area contributed by atoms with Gasteiger partial charge in [0.05, 0.1) is 17.3 Å². The lowest BCUT2D eigenvalue weighted by Gasteiger charge is -2.28.